The molecule has 0 bridgehead atoms. The molecule has 0 heterocycles. The third-order valence-corrected chi connectivity index (χ3v) is 4.92. The molecule has 10 heteroatoms. The van der Waals surface area contributed by atoms with Gasteiger partial charge in [0.15, 0.2) is 9.84 Å². The van der Waals surface area contributed by atoms with Crippen LogP contribution in [-0.2, 0) is 24.2 Å². The highest BCUT2D eigenvalue weighted by Crippen LogP contribution is 2.11. The van der Waals surface area contributed by atoms with E-state index < -0.39 is 39.4 Å². The summed E-state index contributed by atoms with van der Waals surface area (Å²) in [6.45, 7) is 8.82. The molecule has 0 radical (unpaired) electrons. The highest BCUT2D eigenvalue weighted by Gasteiger charge is 2.25. The van der Waals surface area contributed by atoms with Gasteiger partial charge < -0.3 is 10.1 Å². The van der Waals surface area contributed by atoms with Gasteiger partial charge in [0.2, 0.25) is 0 Å². The Morgan fingerprint density at radius 1 is 1.07 bits per heavy atom. The first-order chi connectivity index (χ1) is 13.8. The molecule has 0 aliphatic heterocycles. The molecule has 30 heavy (non-hydrogen) atoms. The second-order valence-electron chi connectivity index (χ2n) is 7.97. The van der Waals surface area contributed by atoms with E-state index in [4.69, 9.17) is 4.74 Å². The predicted molar refractivity (Wildman–Crippen MR) is 112 cm³/mol. The lowest BCUT2D eigenvalue weighted by atomic mass is 10.0. The van der Waals surface area contributed by atoms with Crippen LogP contribution in [0.15, 0.2) is 46.7 Å². The Kier molecular flexibility index (Phi) is 9.03. The molecule has 0 fully saturated rings. The van der Waals surface area contributed by atoms with Crippen LogP contribution in [0.1, 0.15) is 41.0 Å². The summed E-state index contributed by atoms with van der Waals surface area (Å²) in [4.78, 5) is 36.3. The number of ether oxygens (including phenoxy) is 1. The molecular weight excluding hydrogens is 410 g/mol. The van der Waals surface area contributed by atoms with Crippen molar-refractivity contribution in [2.24, 2.45) is 5.92 Å². The maximum Gasteiger partial charge on any atom is 0.408 e. The number of hydrogen-bond donors (Lipinski definition) is 3. The van der Waals surface area contributed by atoms with Gasteiger partial charge >= 0.3 is 6.09 Å². The van der Waals surface area contributed by atoms with E-state index in [1.807, 2.05) is 13.8 Å². The van der Waals surface area contributed by atoms with Gasteiger partial charge in [0.05, 0.1) is 4.90 Å². The Morgan fingerprint density at radius 2 is 1.67 bits per heavy atom. The minimum absolute atomic E-state index is 0.0386. The number of sulfone groups is 1. The lowest BCUT2D eigenvalue weighted by Crippen LogP contribution is -2.53. The van der Waals surface area contributed by atoms with Crippen molar-refractivity contribution < 1.29 is 27.5 Å². The van der Waals surface area contributed by atoms with E-state index in [-0.39, 0.29) is 10.8 Å². The van der Waals surface area contributed by atoms with Gasteiger partial charge in [-0.2, -0.15) is 0 Å². The van der Waals surface area contributed by atoms with Crippen LogP contribution >= 0.6 is 0 Å². The lowest BCUT2D eigenvalue weighted by Gasteiger charge is -2.24. The molecule has 166 valence electrons. The molecule has 0 spiro atoms. The first kappa shape index (κ1) is 25.2. The average Bonchev–Trinajstić information content (AvgIpc) is 2.62. The zero-order valence-electron chi connectivity index (χ0n) is 17.8. The summed E-state index contributed by atoms with van der Waals surface area (Å²) < 4.78 is 29.4. The van der Waals surface area contributed by atoms with Crippen LogP contribution < -0.4 is 16.2 Å². The van der Waals surface area contributed by atoms with Crippen LogP contribution in [0, 0.1) is 5.92 Å². The standard InChI is InChI=1S/C20H29N3O6S/c1-14(2)13-16(21-19(26)29-20(3,4)5)18(25)23-22-17(24)11-12-30(27,28)15-9-7-6-8-10-15/h6-12,14,16H,13H2,1-5H3,(H,21,26)(H,22,24)(H,23,25)/b12-11+/t16-/m0/s1. The molecule has 0 saturated carbocycles. The number of hydrogen-bond acceptors (Lipinski definition) is 6. The van der Waals surface area contributed by atoms with Crippen molar-refractivity contribution in [1.29, 1.82) is 0 Å². The quantitative estimate of drug-likeness (QED) is 0.440. The van der Waals surface area contributed by atoms with Gasteiger partial charge in [-0.3, -0.25) is 20.4 Å². The van der Waals surface area contributed by atoms with Gasteiger partial charge in [0, 0.05) is 11.5 Å². The summed E-state index contributed by atoms with van der Waals surface area (Å²) in [5, 5.41) is 3.21. The molecule has 3 amide bonds. The molecular formula is C20H29N3O6S. The van der Waals surface area contributed by atoms with Crippen LogP contribution in [0.25, 0.3) is 0 Å². The molecule has 1 aromatic carbocycles. The maximum absolute atomic E-state index is 12.4. The number of carbonyl (C=O) groups is 3. The Bertz CT molecular complexity index is 874. The Morgan fingerprint density at radius 3 is 2.20 bits per heavy atom. The highest BCUT2D eigenvalue weighted by molar-refractivity contribution is 7.94. The summed E-state index contributed by atoms with van der Waals surface area (Å²) in [5.74, 6) is -1.44. The van der Waals surface area contributed by atoms with Gasteiger partial charge in [-0.05, 0) is 45.2 Å². The van der Waals surface area contributed by atoms with Crippen molar-refractivity contribution >= 4 is 27.7 Å². The van der Waals surface area contributed by atoms with Gasteiger partial charge in [-0.15, -0.1) is 0 Å². The normalized spacial score (nSPS) is 13.0. The van der Waals surface area contributed by atoms with Crippen molar-refractivity contribution in [3.8, 4) is 0 Å². The second-order valence-corrected chi connectivity index (χ2v) is 9.80. The zero-order valence-corrected chi connectivity index (χ0v) is 18.6. The minimum atomic E-state index is -3.79. The molecule has 0 aliphatic carbocycles. The number of carbonyl (C=O) groups excluding carboxylic acids is 3. The number of hydrazine groups is 1. The third kappa shape index (κ3) is 9.55. The Labute approximate surface area is 177 Å². The van der Waals surface area contributed by atoms with E-state index in [9.17, 15) is 22.8 Å². The van der Waals surface area contributed by atoms with E-state index >= 15 is 0 Å². The molecule has 0 aromatic heterocycles. The molecule has 1 atom stereocenters. The smallest absolute Gasteiger partial charge is 0.408 e. The second kappa shape index (κ2) is 10.8. The molecule has 0 saturated heterocycles. The zero-order chi connectivity index (χ0) is 22.9. The monoisotopic (exact) mass is 439 g/mol. The topological polar surface area (TPSA) is 131 Å². The first-order valence-electron chi connectivity index (χ1n) is 9.38. The van der Waals surface area contributed by atoms with Gasteiger partial charge in [-0.25, -0.2) is 13.2 Å². The fourth-order valence-electron chi connectivity index (χ4n) is 2.24. The fourth-order valence-corrected chi connectivity index (χ4v) is 3.24. The maximum atomic E-state index is 12.4. The number of alkyl carbamates (subject to hydrolysis) is 1. The summed E-state index contributed by atoms with van der Waals surface area (Å²) in [7, 11) is -3.79. The summed E-state index contributed by atoms with van der Waals surface area (Å²) in [5.41, 5.74) is 3.55. The van der Waals surface area contributed by atoms with Crippen molar-refractivity contribution in [2.45, 2.75) is 57.6 Å². The van der Waals surface area contributed by atoms with Gasteiger partial charge in [-0.1, -0.05) is 32.0 Å². The van der Waals surface area contributed by atoms with Gasteiger partial charge in [0.1, 0.15) is 11.6 Å². The third-order valence-electron chi connectivity index (χ3n) is 3.49. The van der Waals surface area contributed by atoms with E-state index in [2.05, 4.69) is 16.2 Å². The number of amides is 3. The minimum Gasteiger partial charge on any atom is -0.444 e. The molecule has 9 nitrogen and oxygen atoms in total. The molecule has 0 aliphatic rings. The largest absolute Gasteiger partial charge is 0.444 e. The summed E-state index contributed by atoms with van der Waals surface area (Å²) in [6.07, 6.45) is 0.337. The first-order valence-corrected chi connectivity index (χ1v) is 10.9. The van der Waals surface area contributed by atoms with Crippen molar-refractivity contribution in [2.75, 3.05) is 0 Å². The predicted octanol–water partition coefficient (Wildman–Crippen LogP) is 2.06. The van der Waals surface area contributed by atoms with E-state index in [1.165, 1.54) is 12.1 Å². The Balaban J connectivity index is 2.69. The van der Waals surface area contributed by atoms with Crippen LogP contribution in [0.5, 0.6) is 0 Å². The van der Waals surface area contributed by atoms with Gasteiger partial charge in [0.25, 0.3) is 11.8 Å². The van der Waals surface area contributed by atoms with Crippen molar-refractivity contribution in [1.82, 2.24) is 16.2 Å². The summed E-state index contributed by atoms with van der Waals surface area (Å²) in [6, 6.07) is 6.65. The van der Waals surface area contributed by atoms with Crippen molar-refractivity contribution in [3.05, 3.63) is 41.8 Å². The van der Waals surface area contributed by atoms with E-state index in [0.29, 0.717) is 6.42 Å². The molecule has 3 N–H and O–H groups in total. The molecule has 0 unspecified atom stereocenters. The lowest BCUT2D eigenvalue weighted by molar-refractivity contribution is -0.128. The fraction of sp³-hybridized carbons (Fsp3) is 0.450. The van der Waals surface area contributed by atoms with Crippen LogP contribution in [0.3, 0.4) is 0 Å². The van der Waals surface area contributed by atoms with E-state index in [0.717, 1.165) is 11.5 Å². The van der Waals surface area contributed by atoms with Crippen LogP contribution in [0.4, 0.5) is 4.79 Å². The van der Waals surface area contributed by atoms with Crippen LogP contribution in [-0.4, -0.2) is 38.0 Å². The number of rotatable bonds is 7. The average molecular weight is 440 g/mol. The highest BCUT2D eigenvalue weighted by atomic mass is 32.2. The Hall–Kier alpha value is -2.88. The number of benzene rings is 1. The number of nitrogens with one attached hydrogen (secondary N) is 3. The van der Waals surface area contributed by atoms with Crippen molar-refractivity contribution in [3.63, 3.8) is 0 Å². The van der Waals surface area contributed by atoms with E-state index in [1.54, 1.807) is 39.0 Å². The molecule has 1 rings (SSSR count). The van der Waals surface area contributed by atoms with Crippen LogP contribution in [0.2, 0.25) is 0 Å². The SMILES string of the molecule is CC(C)C[C@H](NC(=O)OC(C)(C)C)C(=O)NNC(=O)/C=C/S(=O)(=O)c1ccccc1. The summed E-state index contributed by atoms with van der Waals surface area (Å²) >= 11 is 0. The molecule has 1 aromatic rings.